The van der Waals surface area contributed by atoms with Gasteiger partial charge < -0.3 is 4.90 Å². The third kappa shape index (κ3) is 3.16. The van der Waals surface area contributed by atoms with Crippen molar-refractivity contribution >= 4 is 23.3 Å². The van der Waals surface area contributed by atoms with Gasteiger partial charge in [0, 0.05) is 31.9 Å². The van der Waals surface area contributed by atoms with Crippen molar-refractivity contribution in [1.82, 2.24) is 19.4 Å². The summed E-state index contributed by atoms with van der Waals surface area (Å²) >= 11 is 0. The lowest BCUT2D eigenvalue weighted by Crippen LogP contribution is -2.52. The van der Waals surface area contributed by atoms with Gasteiger partial charge in [0.15, 0.2) is 17.0 Å². The Morgan fingerprint density at radius 1 is 1.24 bits per heavy atom. The Morgan fingerprint density at radius 3 is 2.80 bits per heavy atom. The maximum atomic E-state index is 8.49. The number of rotatable bonds is 2. The van der Waals surface area contributed by atoms with Gasteiger partial charge in [0.1, 0.15) is 0 Å². The van der Waals surface area contributed by atoms with Crippen LogP contribution < -0.4 is 10.4 Å². The number of nitrogens with one attached hydrogen (secondary N) is 2. The smallest absolute Gasteiger partial charge is 0.178 e. The van der Waals surface area contributed by atoms with Crippen molar-refractivity contribution in [2.45, 2.75) is 39.7 Å². The number of piperazine rings is 1. The van der Waals surface area contributed by atoms with Crippen molar-refractivity contribution in [3.63, 3.8) is 0 Å². The standard InChI is InChI=1S/C16H21N7.C2H6/c1-11-7-13-15(19-8-11)20-16(14(18)23(13)10-17)22-6-5-21-4-2-3-12(21)9-22;1-2/h7-8,10,12,17-18H,2-6,9H2,1H3;1-2H3. The molecule has 0 spiro atoms. The van der Waals surface area contributed by atoms with E-state index in [1.807, 2.05) is 26.8 Å². The first-order valence-corrected chi connectivity index (χ1v) is 9.10. The van der Waals surface area contributed by atoms with E-state index in [2.05, 4.69) is 19.8 Å². The maximum absolute atomic E-state index is 8.49. The van der Waals surface area contributed by atoms with Crippen LogP contribution in [0.15, 0.2) is 12.3 Å². The summed E-state index contributed by atoms with van der Waals surface area (Å²) in [6.07, 6.45) is 5.45. The molecule has 0 saturated carbocycles. The van der Waals surface area contributed by atoms with Crippen LogP contribution in [0.4, 0.5) is 5.82 Å². The summed E-state index contributed by atoms with van der Waals surface area (Å²) in [6, 6.07) is 2.50. The fourth-order valence-electron chi connectivity index (χ4n) is 3.73. The van der Waals surface area contributed by atoms with E-state index in [0.717, 1.165) is 25.2 Å². The number of fused-ring (bicyclic) bond motifs is 2. The molecule has 2 N–H and O–H groups in total. The van der Waals surface area contributed by atoms with Crippen LogP contribution in [0.1, 0.15) is 32.3 Å². The second-order valence-corrected chi connectivity index (χ2v) is 6.42. The molecule has 134 valence electrons. The zero-order valence-electron chi connectivity index (χ0n) is 15.3. The Balaban J connectivity index is 0.000000880. The van der Waals surface area contributed by atoms with E-state index in [0.29, 0.717) is 23.0 Å². The highest BCUT2D eigenvalue weighted by Crippen LogP contribution is 2.23. The molecule has 7 nitrogen and oxygen atoms in total. The van der Waals surface area contributed by atoms with Crippen LogP contribution in [0.5, 0.6) is 0 Å². The van der Waals surface area contributed by atoms with Gasteiger partial charge in [0.2, 0.25) is 0 Å². The van der Waals surface area contributed by atoms with Crippen molar-refractivity contribution in [2.75, 3.05) is 31.1 Å². The first-order valence-electron chi connectivity index (χ1n) is 9.10. The van der Waals surface area contributed by atoms with Crippen molar-refractivity contribution in [3.8, 4) is 0 Å². The average Bonchev–Trinajstić information content (AvgIpc) is 3.11. The Kier molecular flexibility index (Phi) is 5.13. The molecular formula is C18H27N7. The number of aryl methyl sites for hydroxylation is 1. The minimum Gasteiger partial charge on any atom is -0.351 e. The van der Waals surface area contributed by atoms with Gasteiger partial charge in [-0.1, -0.05) is 13.8 Å². The molecule has 2 saturated heterocycles. The molecule has 2 aliphatic heterocycles. The van der Waals surface area contributed by atoms with E-state index in [-0.39, 0.29) is 5.49 Å². The van der Waals surface area contributed by atoms with Gasteiger partial charge in [-0.3, -0.25) is 20.3 Å². The fourth-order valence-corrected chi connectivity index (χ4v) is 3.73. The quantitative estimate of drug-likeness (QED) is 0.646. The van der Waals surface area contributed by atoms with E-state index in [9.17, 15) is 0 Å². The Bertz CT molecular complexity index is 826. The number of anilines is 1. The lowest BCUT2D eigenvalue weighted by Gasteiger charge is -2.38. The lowest BCUT2D eigenvalue weighted by atomic mass is 10.1. The minimum absolute atomic E-state index is 0.270. The molecule has 0 bridgehead atoms. The van der Waals surface area contributed by atoms with Gasteiger partial charge in [-0.2, -0.15) is 0 Å². The third-order valence-corrected chi connectivity index (χ3v) is 4.92. The minimum atomic E-state index is 0.270. The normalized spacial score (nSPS) is 20.1. The topological polar surface area (TPSA) is 84.9 Å². The Labute approximate surface area is 148 Å². The molecule has 2 aliphatic rings. The third-order valence-electron chi connectivity index (χ3n) is 4.92. The van der Waals surface area contributed by atoms with Crippen LogP contribution in [0.3, 0.4) is 0 Å². The number of nitrogens with zero attached hydrogens (tertiary/aromatic N) is 5. The molecule has 0 aromatic carbocycles. The summed E-state index contributed by atoms with van der Waals surface area (Å²) in [6.45, 7) is 9.96. The molecule has 0 radical (unpaired) electrons. The second kappa shape index (κ2) is 7.31. The summed E-state index contributed by atoms with van der Waals surface area (Å²) in [7, 11) is 0. The van der Waals surface area contributed by atoms with E-state index in [4.69, 9.17) is 10.8 Å². The molecule has 4 rings (SSSR count). The van der Waals surface area contributed by atoms with Gasteiger partial charge in [-0.15, -0.1) is 0 Å². The maximum Gasteiger partial charge on any atom is 0.178 e. The van der Waals surface area contributed by atoms with Gasteiger partial charge in [0.25, 0.3) is 0 Å². The molecular weight excluding hydrogens is 314 g/mol. The molecule has 2 aromatic rings. The van der Waals surface area contributed by atoms with E-state index >= 15 is 0 Å². The predicted molar refractivity (Wildman–Crippen MR) is 100 cm³/mol. The van der Waals surface area contributed by atoms with Crippen LogP contribution in [-0.2, 0) is 0 Å². The van der Waals surface area contributed by atoms with Crippen LogP contribution in [-0.4, -0.2) is 58.0 Å². The van der Waals surface area contributed by atoms with E-state index < -0.39 is 0 Å². The molecule has 0 aliphatic carbocycles. The summed E-state index contributed by atoms with van der Waals surface area (Å²) < 4.78 is 1.57. The first-order chi connectivity index (χ1) is 12.2. The summed E-state index contributed by atoms with van der Waals surface area (Å²) in [5, 5.41) is 16.2. The van der Waals surface area contributed by atoms with Gasteiger partial charge in [-0.05, 0) is 37.9 Å². The molecule has 2 fully saturated rings. The predicted octanol–water partition coefficient (Wildman–Crippen LogP) is 1.98. The van der Waals surface area contributed by atoms with Crippen molar-refractivity contribution < 1.29 is 0 Å². The molecule has 2 aromatic heterocycles. The first kappa shape index (κ1) is 17.5. The number of aromatic nitrogens is 3. The SMILES string of the molecule is CC.Cc1cnc2nc(N3CCN4CCCC4C3)c(=N)n(C=N)c2c1. The largest absolute Gasteiger partial charge is 0.351 e. The highest BCUT2D eigenvalue weighted by molar-refractivity contribution is 5.80. The summed E-state index contributed by atoms with van der Waals surface area (Å²) in [5.41, 5.74) is 2.58. The van der Waals surface area contributed by atoms with Crippen LogP contribution in [0.25, 0.3) is 11.2 Å². The van der Waals surface area contributed by atoms with Crippen LogP contribution in [0.2, 0.25) is 0 Å². The molecule has 25 heavy (non-hydrogen) atoms. The number of hydrogen-bond donors (Lipinski definition) is 2. The molecule has 7 heteroatoms. The highest BCUT2D eigenvalue weighted by Gasteiger charge is 2.31. The molecule has 0 amide bonds. The Morgan fingerprint density at radius 2 is 2.04 bits per heavy atom. The van der Waals surface area contributed by atoms with Gasteiger partial charge in [0.05, 0.1) is 11.9 Å². The van der Waals surface area contributed by atoms with Gasteiger partial charge >= 0.3 is 0 Å². The second-order valence-electron chi connectivity index (χ2n) is 6.42. The highest BCUT2D eigenvalue weighted by atomic mass is 15.3. The average molecular weight is 341 g/mol. The molecule has 4 heterocycles. The summed E-state index contributed by atoms with van der Waals surface area (Å²) in [4.78, 5) is 13.8. The zero-order chi connectivity index (χ0) is 18.0. The molecule has 1 atom stereocenters. The van der Waals surface area contributed by atoms with Crippen molar-refractivity contribution in [2.24, 2.45) is 0 Å². The fraction of sp³-hybridized carbons (Fsp3) is 0.556. The summed E-state index contributed by atoms with van der Waals surface area (Å²) in [5.74, 6) is 0.643. The number of pyridine rings is 1. The van der Waals surface area contributed by atoms with Crippen molar-refractivity contribution in [3.05, 3.63) is 23.3 Å². The van der Waals surface area contributed by atoms with E-state index in [1.54, 1.807) is 10.8 Å². The van der Waals surface area contributed by atoms with Crippen LogP contribution >= 0.6 is 0 Å². The molecule has 1 unspecified atom stereocenters. The lowest BCUT2D eigenvalue weighted by molar-refractivity contribution is 0.230. The van der Waals surface area contributed by atoms with Gasteiger partial charge in [-0.25, -0.2) is 9.97 Å². The van der Waals surface area contributed by atoms with Crippen molar-refractivity contribution in [1.29, 1.82) is 10.8 Å². The Hall–Kier alpha value is -2.28. The van der Waals surface area contributed by atoms with Crippen LogP contribution in [0, 0.1) is 17.7 Å². The monoisotopic (exact) mass is 341 g/mol. The van der Waals surface area contributed by atoms with E-state index in [1.165, 1.54) is 25.7 Å². The zero-order valence-corrected chi connectivity index (χ0v) is 15.3. The number of hydrogen-bond acceptors (Lipinski definition) is 6.